The lowest BCUT2D eigenvalue weighted by Gasteiger charge is -2.22. The summed E-state index contributed by atoms with van der Waals surface area (Å²) in [5, 5.41) is 13.6. The molecule has 0 atom stereocenters. The number of ether oxygens (including phenoxy) is 1. The Morgan fingerprint density at radius 1 is 0.966 bits per heavy atom. The van der Waals surface area contributed by atoms with Crippen LogP contribution < -0.4 is 15.4 Å². The van der Waals surface area contributed by atoms with Crippen molar-refractivity contribution in [2.45, 2.75) is 32.6 Å². The van der Waals surface area contributed by atoms with Gasteiger partial charge in [0, 0.05) is 5.69 Å². The largest absolute Gasteiger partial charge is 0.483 e. The van der Waals surface area contributed by atoms with Crippen LogP contribution in [0.25, 0.3) is 0 Å². The summed E-state index contributed by atoms with van der Waals surface area (Å²) in [4.78, 5) is 34.3. The van der Waals surface area contributed by atoms with Crippen molar-refractivity contribution in [1.82, 2.24) is 5.32 Å². The first kappa shape index (κ1) is 21.9. The van der Waals surface area contributed by atoms with Crippen LogP contribution in [0.5, 0.6) is 5.75 Å². The van der Waals surface area contributed by atoms with Crippen molar-refractivity contribution < 1.29 is 24.2 Å². The average molecular weight is 398 g/mol. The first-order valence-corrected chi connectivity index (χ1v) is 9.25. The van der Waals surface area contributed by atoms with Crippen LogP contribution in [0.2, 0.25) is 0 Å². The molecule has 0 aliphatic rings. The van der Waals surface area contributed by atoms with E-state index in [0.717, 1.165) is 5.56 Å². The normalized spacial score (nSPS) is 10.9. The Hall–Kier alpha value is -3.35. The second kappa shape index (κ2) is 9.73. The number of benzene rings is 2. The molecule has 2 aromatic carbocycles. The highest BCUT2D eigenvalue weighted by Crippen LogP contribution is 2.30. The monoisotopic (exact) mass is 398 g/mol. The van der Waals surface area contributed by atoms with Gasteiger partial charge in [-0.15, -0.1) is 0 Å². The number of para-hydroxylation sites is 1. The summed E-state index contributed by atoms with van der Waals surface area (Å²) >= 11 is 0. The van der Waals surface area contributed by atoms with Crippen LogP contribution in [0.4, 0.5) is 5.69 Å². The minimum atomic E-state index is -1.09. The molecule has 0 saturated heterocycles. The predicted molar refractivity (Wildman–Crippen MR) is 110 cm³/mol. The van der Waals surface area contributed by atoms with Crippen LogP contribution in [0.15, 0.2) is 48.5 Å². The highest BCUT2D eigenvalue weighted by atomic mass is 16.5. The topological polar surface area (TPSA) is 105 Å². The standard InChI is InChI=1S/C22H26N2O5/c1-22(2,3)17-6-4-5-7-18(17)29-14-20(26)24-16-10-8-15(9-11-16)12-19(25)23-13-21(27)28/h4-11H,12-14H2,1-3H3,(H,23,25)(H,24,26)(H,27,28). The van der Waals surface area contributed by atoms with Crippen molar-refractivity contribution in [2.75, 3.05) is 18.5 Å². The second-order valence-corrected chi connectivity index (χ2v) is 7.63. The second-order valence-electron chi connectivity index (χ2n) is 7.63. The van der Waals surface area contributed by atoms with E-state index in [4.69, 9.17) is 9.84 Å². The molecule has 29 heavy (non-hydrogen) atoms. The zero-order chi connectivity index (χ0) is 21.4. The van der Waals surface area contributed by atoms with Crippen LogP contribution in [0, 0.1) is 0 Å². The molecule has 0 unspecified atom stereocenters. The number of amides is 2. The third-order valence-electron chi connectivity index (χ3n) is 4.09. The molecule has 0 saturated carbocycles. The summed E-state index contributed by atoms with van der Waals surface area (Å²) in [6.45, 7) is 5.72. The van der Waals surface area contributed by atoms with E-state index < -0.39 is 12.5 Å². The SMILES string of the molecule is CC(C)(C)c1ccccc1OCC(=O)Nc1ccc(CC(=O)NCC(=O)O)cc1. The Kier molecular flexibility index (Phi) is 7.36. The molecule has 0 aliphatic heterocycles. The number of aliphatic carboxylic acids is 1. The number of carboxylic acid groups (broad SMARTS) is 1. The van der Waals surface area contributed by atoms with Crippen LogP contribution in [-0.2, 0) is 26.2 Å². The molecule has 2 aromatic rings. The Balaban J connectivity index is 1.87. The van der Waals surface area contributed by atoms with Gasteiger partial charge in [0.25, 0.3) is 5.91 Å². The van der Waals surface area contributed by atoms with Crippen molar-refractivity contribution in [3.63, 3.8) is 0 Å². The minimum absolute atomic E-state index is 0.0637. The van der Waals surface area contributed by atoms with E-state index in [1.54, 1.807) is 24.3 Å². The average Bonchev–Trinajstić information content (AvgIpc) is 2.66. The lowest BCUT2D eigenvalue weighted by Crippen LogP contribution is -2.30. The molecule has 2 amide bonds. The number of hydrogen-bond donors (Lipinski definition) is 3. The van der Waals surface area contributed by atoms with Crippen molar-refractivity contribution in [3.05, 3.63) is 59.7 Å². The van der Waals surface area contributed by atoms with Crippen molar-refractivity contribution in [3.8, 4) is 5.75 Å². The van der Waals surface area contributed by atoms with Gasteiger partial charge in [-0.1, -0.05) is 51.1 Å². The van der Waals surface area contributed by atoms with Crippen molar-refractivity contribution in [1.29, 1.82) is 0 Å². The first-order valence-electron chi connectivity index (χ1n) is 9.25. The molecule has 154 valence electrons. The molecule has 0 fully saturated rings. The highest BCUT2D eigenvalue weighted by molar-refractivity contribution is 5.92. The van der Waals surface area contributed by atoms with Gasteiger partial charge in [-0.3, -0.25) is 14.4 Å². The summed E-state index contributed by atoms with van der Waals surface area (Å²) in [7, 11) is 0. The zero-order valence-corrected chi connectivity index (χ0v) is 16.8. The quantitative estimate of drug-likeness (QED) is 0.634. The Morgan fingerprint density at radius 3 is 2.24 bits per heavy atom. The smallest absolute Gasteiger partial charge is 0.322 e. The maximum Gasteiger partial charge on any atom is 0.322 e. The predicted octanol–water partition coefficient (Wildman–Crippen LogP) is 2.74. The van der Waals surface area contributed by atoms with Crippen LogP contribution in [0.3, 0.4) is 0 Å². The Labute approximate surface area is 170 Å². The molecule has 0 bridgehead atoms. The fourth-order valence-electron chi connectivity index (χ4n) is 2.68. The molecular weight excluding hydrogens is 372 g/mol. The molecule has 7 heteroatoms. The van der Waals surface area contributed by atoms with Gasteiger partial charge in [0.05, 0.1) is 6.42 Å². The van der Waals surface area contributed by atoms with Crippen LogP contribution in [-0.4, -0.2) is 36.0 Å². The maximum atomic E-state index is 12.2. The molecule has 0 aliphatic carbocycles. The lowest BCUT2D eigenvalue weighted by molar-refractivity contribution is -0.137. The summed E-state index contributed by atoms with van der Waals surface area (Å²) < 4.78 is 5.71. The number of nitrogens with one attached hydrogen (secondary N) is 2. The van der Waals surface area contributed by atoms with E-state index in [1.165, 1.54) is 0 Å². The van der Waals surface area contributed by atoms with E-state index in [0.29, 0.717) is 17.0 Å². The van der Waals surface area contributed by atoms with Crippen LogP contribution >= 0.6 is 0 Å². The van der Waals surface area contributed by atoms with Gasteiger partial charge in [-0.25, -0.2) is 0 Å². The van der Waals surface area contributed by atoms with Gasteiger partial charge in [0.1, 0.15) is 12.3 Å². The van der Waals surface area contributed by atoms with Gasteiger partial charge < -0.3 is 20.5 Å². The fourth-order valence-corrected chi connectivity index (χ4v) is 2.68. The van der Waals surface area contributed by atoms with E-state index in [-0.39, 0.29) is 30.3 Å². The number of carbonyl (C=O) groups excluding carboxylic acids is 2. The molecule has 3 N–H and O–H groups in total. The molecule has 0 spiro atoms. The van der Waals surface area contributed by atoms with E-state index >= 15 is 0 Å². The summed E-state index contributed by atoms with van der Waals surface area (Å²) in [5.41, 5.74) is 2.22. The van der Waals surface area contributed by atoms with Crippen molar-refractivity contribution in [2.24, 2.45) is 0 Å². The third kappa shape index (κ3) is 7.29. The van der Waals surface area contributed by atoms with Gasteiger partial charge in [0.15, 0.2) is 6.61 Å². The number of carboxylic acids is 1. The Bertz CT molecular complexity index is 870. The number of hydrogen-bond acceptors (Lipinski definition) is 4. The Morgan fingerprint density at radius 2 is 1.62 bits per heavy atom. The summed E-state index contributed by atoms with van der Waals surface area (Å²) in [6.07, 6.45) is 0.0637. The molecule has 0 radical (unpaired) electrons. The molecule has 0 aromatic heterocycles. The number of carbonyl (C=O) groups is 3. The molecule has 7 nitrogen and oxygen atoms in total. The van der Waals surface area contributed by atoms with Gasteiger partial charge >= 0.3 is 5.97 Å². The minimum Gasteiger partial charge on any atom is -0.483 e. The molecule has 0 heterocycles. The maximum absolute atomic E-state index is 12.2. The number of rotatable bonds is 8. The lowest BCUT2D eigenvalue weighted by atomic mass is 9.86. The fraction of sp³-hybridized carbons (Fsp3) is 0.318. The zero-order valence-electron chi connectivity index (χ0n) is 16.8. The third-order valence-corrected chi connectivity index (χ3v) is 4.09. The van der Waals surface area contributed by atoms with Gasteiger partial charge in [0.2, 0.25) is 5.91 Å². The van der Waals surface area contributed by atoms with Gasteiger partial charge in [-0.2, -0.15) is 0 Å². The highest BCUT2D eigenvalue weighted by Gasteiger charge is 2.19. The molecular formula is C22H26N2O5. The first-order chi connectivity index (χ1) is 13.6. The summed E-state index contributed by atoms with van der Waals surface area (Å²) in [6, 6.07) is 14.4. The number of anilines is 1. The van der Waals surface area contributed by atoms with Crippen molar-refractivity contribution >= 4 is 23.5 Å². The van der Waals surface area contributed by atoms with Crippen LogP contribution in [0.1, 0.15) is 31.9 Å². The van der Waals surface area contributed by atoms with E-state index in [9.17, 15) is 14.4 Å². The van der Waals surface area contributed by atoms with Gasteiger partial charge in [-0.05, 0) is 34.7 Å². The molecule has 2 rings (SSSR count). The van der Waals surface area contributed by atoms with E-state index in [1.807, 2.05) is 24.3 Å². The summed E-state index contributed by atoms with van der Waals surface area (Å²) in [5.74, 6) is -1.09. The van der Waals surface area contributed by atoms with E-state index in [2.05, 4.69) is 31.4 Å².